The Hall–Kier alpha value is -4.39. The van der Waals surface area contributed by atoms with Gasteiger partial charge in [-0.05, 0) is 73.4 Å². The van der Waals surface area contributed by atoms with E-state index in [1.165, 1.54) is 6.07 Å². The number of aryl methyl sites for hydroxylation is 3. The Labute approximate surface area is 202 Å². The highest BCUT2D eigenvalue weighted by atomic mass is 16.5. The van der Waals surface area contributed by atoms with Gasteiger partial charge in [0.1, 0.15) is 17.9 Å². The molecule has 0 aliphatic heterocycles. The highest BCUT2D eigenvalue weighted by Gasteiger charge is 2.12. The molecule has 0 atom stereocenters. The van der Waals surface area contributed by atoms with Crippen LogP contribution in [-0.4, -0.2) is 18.5 Å². The van der Waals surface area contributed by atoms with E-state index < -0.39 is 17.5 Å². The van der Waals surface area contributed by atoms with Crippen molar-refractivity contribution in [1.82, 2.24) is 0 Å². The molecule has 0 unspecified atom stereocenters. The summed E-state index contributed by atoms with van der Waals surface area (Å²) in [5.74, 6) is -0.434. The monoisotopic (exact) mass is 471 g/mol. The molecule has 1 N–H and O–H groups in total. The van der Waals surface area contributed by atoms with Crippen LogP contribution < -0.4 is 15.7 Å². The second kappa shape index (κ2) is 10.3. The van der Waals surface area contributed by atoms with Crippen LogP contribution in [0.25, 0.3) is 11.0 Å². The van der Waals surface area contributed by atoms with Gasteiger partial charge in [-0.15, -0.1) is 0 Å². The first-order chi connectivity index (χ1) is 16.8. The van der Waals surface area contributed by atoms with E-state index >= 15 is 0 Å². The van der Waals surface area contributed by atoms with Gasteiger partial charge >= 0.3 is 11.6 Å². The summed E-state index contributed by atoms with van der Waals surface area (Å²) < 4.78 is 16.2. The minimum atomic E-state index is -0.589. The lowest BCUT2D eigenvalue weighted by Crippen LogP contribution is -2.21. The molecule has 1 amide bonds. The lowest BCUT2D eigenvalue weighted by molar-refractivity contribution is -0.119. The van der Waals surface area contributed by atoms with Crippen molar-refractivity contribution >= 4 is 28.5 Å². The molecule has 1 aromatic heterocycles. The quantitative estimate of drug-likeness (QED) is 0.298. The molecule has 0 saturated heterocycles. The summed E-state index contributed by atoms with van der Waals surface area (Å²) in [7, 11) is 0. The Morgan fingerprint density at radius 3 is 2.43 bits per heavy atom. The first-order valence-corrected chi connectivity index (χ1v) is 11.1. The zero-order chi connectivity index (χ0) is 24.9. The Bertz CT molecular complexity index is 1450. The van der Waals surface area contributed by atoms with Crippen LogP contribution in [0.2, 0.25) is 0 Å². The minimum Gasteiger partial charge on any atom is -0.489 e. The van der Waals surface area contributed by atoms with Crippen molar-refractivity contribution in [2.75, 3.05) is 11.9 Å². The van der Waals surface area contributed by atoms with Crippen molar-refractivity contribution in [2.45, 2.75) is 27.4 Å². The first kappa shape index (κ1) is 23.8. The van der Waals surface area contributed by atoms with Crippen LogP contribution in [0.5, 0.6) is 5.75 Å². The molecule has 7 heteroatoms. The van der Waals surface area contributed by atoms with E-state index in [1.807, 2.05) is 51.1 Å². The number of esters is 1. The van der Waals surface area contributed by atoms with Crippen LogP contribution >= 0.6 is 0 Å². The fraction of sp³-hybridized carbons (Fsp3) is 0.179. The number of carbonyl (C=O) groups excluding carboxylic acids is 2. The summed E-state index contributed by atoms with van der Waals surface area (Å²) in [6, 6.07) is 19.3. The first-order valence-electron chi connectivity index (χ1n) is 11.1. The van der Waals surface area contributed by atoms with Gasteiger partial charge in [0.15, 0.2) is 6.61 Å². The van der Waals surface area contributed by atoms with Gasteiger partial charge in [0, 0.05) is 23.2 Å². The maximum absolute atomic E-state index is 12.3. The maximum atomic E-state index is 12.3. The topological polar surface area (TPSA) is 94.8 Å². The van der Waals surface area contributed by atoms with Crippen molar-refractivity contribution < 1.29 is 23.5 Å². The van der Waals surface area contributed by atoms with Crippen molar-refractivity contribution in [3.63, 3.8) is 0 Å². The smallest absolute Gasteiger partial charge is 0.338 e. The molecule has 0 saturated carbocycles. The van der Waals surface area contributed by atoms with Crippen LogP contribution in [0.15, 0.2) is 75.9 Å². The van der Waals surface area contributed by atoms with Crippen LogP contribution in [0.4, 0.5) is 5.69 Å². The van der Waals surface area contributed by atoms with Crippen molar-refractivity contribution in [2.24, 2.45) is 0 Å². The molecule has 0 aliphatic rings. The van der Waals surface area contributed by atoms with Gasteiger partial charge in [0.25, 0.3) is 5.91 Å². The minimum absolute atomic E-state index is 0.259. The van der Waals surface area contributed by atoms with Gasteiger partial charge in [-0.3, -0.25) is 4.79 Å². The number of fused-ring (bicyclic) bond motifs is 1. The van der Waals surface area contributed by atoms with Gasteiger partial charge in [-0.25, -0.2) is 9.59 Å². The van der Waals surface area contributed by atoms with Crippen LogP contribution in [0.1, 0.15) is 32.6 Å². The van der Waals surface area contributed by atoms with Gasteiger partial charge in [-0.1, -0.05) is 24.3 Å². The van der Waals surface area contributed by atoms with E-state index in [0.29, 0.717) is 22.6 Å². The van der Waals surface area contributed by atoms with Crippen LogP contribution in [0.3, 0.4) is 0 Å². The summed E-state index contributed by atoms with van der Waals surface area (Å²) in [4.78, 5) is 36.1. The molecule has 4 rings (SSSR count). The zero-order valence-corrected chi connectivity index (χ0v) is 19.7. The molecule has 0 fully saturated rings. The van der Waals surface area contributed by atoms with Gasteiger partial charge in [-0.2, -0.15) is 0 Å². The highest BCUT2D eigenvalue weighted by Crippen LogP contribution is 2.23. The zero-order valence-electron chi connectivity index (χ0n) is 19.7. The molecule has 4 aromatic rings. The highest BCUT2D eigenvalue weighted by molar-refractivity contribution is 5.96. The van der Waals surface area contributed by atoms with Crippen LogP contribution in [0, 0.1) is 20.8 Å². The van der Waals surface area contributed by atoms with Crippen molar-refractivity contribution in [1.29, 1.82) is 0 Å². The van der Waals surface area contributed by atoms with E-state index in [-0.39, 0.29) is 13.2 Å². The van der Waals surface area contributed by atoms with E-state index in [0.717, 1.165) is 27.6 Å². The number of carbonyl (C=O) groups is 2. The predicted octanol–water partition coefficient (Wildman–Crippen LogP) is 5.09. The molecule has 3 aromatic carbocycles. The number of hydrogen-bond donors (Lipinski definition) is 1. The van der Waals surface area contributed by atoms with Gasteiger partial charge in [0.05, 0.1) is 5.56 Å². The van der Waals surface area contributed by atoms with E-state index in [2.05, 4.69) is 5.32 Å². The molecule has 0 spiro atoms. The molecule has 0 radical (unpaired) electrons. The molecule has 0 aliphatic carbocycles. The SMILES string of the molecule is Cc1ccc(C)c(NC(=O)COC(=O)c2ccc(COc3ccc4c(C)cc(=O)oc4c3)cc2)c1. The average molecular weight is 472 g/mol. The maximum Gasteiger partial charge on any atom is 0.338 e. The summed E-state index contributed by atoms with van der Waals surface area (Å²) >= 11 is 0. The normalized spacial score (nSPS) is 10.7. The second-order valence-electron chi connectivity index (χ2n) is 8.33. The van der Waals surface area contributed by atoms with Crippen molar-refractivity contribution in [3.8, 4) is 5.75 Å². The predicted molar refractivity (Wildman–Crippen MR) is 133 cm³/mol. The lowest BCUT2D eigenvalue weighted by atomic mass is 10.1. The second-order valence-corrected chi connectivity index (χ2v) is 8.33. The number of benzene rings is 3. The third-order valence-electron chi connectivity index (χ3n) is 5.52. The Balaban J connectivity index is 1.31. The molecule has 1 heterocycles. The fourth-order valence-corrected chi connectivity index (χ4v) is 3.57. The third-order valence-corrected chi connectivity index (χ3v) is 5.52. The van der Waals surface area contributed by atoms with E-state index in [1.54, 1.807) is 30.3 Å². The largest absolute Gasteiger partial charge is 0.489 e. The Morgan fingerprint density at radius 2 is 1.66 bits per heavy atom. The average Bonchev–Trinajstić information content (AvgIpc) is 2.83. The summed E-state index contributed by atoms with van der Waals surface area (Å²) in [6.45, 7) is 5.56. The Morgan fingerprint density at radius 1 is 0.886 bits per heavy atom. The van der Waals surface area contributed by atoms with Gasteiger partial charge < -0.3 is 19.2 Å². The number of ether oxygens (including phenoxy) is 2. The standard InChI is InChI=1S/C28H25NO6/c1-17-4-5-18(2)24(12-17)29-26(30)16-34-28(32)21-8-6-20(7-9-21)15-33-22-10-11-23-19(3)13-27(31)35-25(23)14-22/h4-14H,15-16H2,1-3H3,(H,29,30). The lowest BCUT2D eigenvalue weighted by Gasteiger charge is -2.10. The van der Waals surface area contributed by atoms with Gasteiger partial charge in [0.2, 0.25) is 0 Å². The van der Waals surface area contributed by atoms with E-state index in [9.17, 15) is 14.4 Å². The number of hydrogen-bond acceptors (Lipinski definition) is 6. The van der Waals surface area contributed by atoms with Crippen molar-refractivity contribution in [3.05, 3.63) is 105 Å². The van der Waals surface area contributed by atoms with Crippen LogP contribution in [-0.2, 0) is 16.1 Å². The number of amides is 1. The Kier molecular flexibility index (Phi) is 6.96. The number of rotatable bonds is 7. The number of anilines is 1. The molecule has 0 bridgehead atoms. The van der Waals surface area contributed by atoms with E-state index in [4.69, 9.17) is 13.9 Å². The molecule has 7 nitrogen and oxygen atoms in total. The summed E-state index contributed by atoms with van der Waals surface area (Å²) in [6.07, 6.45) is 0. The molecular weight excluding hydrogens is 446 g/mol. The molecule has 178 valence electrons. The molecule has 35 heavy (non-hydrogen) atoms. The summed E-state index contributed by atoms with van der Waals surface area (Å²) in [5, 5.41) is 3.61. The molecular formula is C28H25NO6. The fourth-order valence-electron chi connectivity index (χ4n) is 3.57. The third kappa shape index (κ3) is 5.95. The number of nitrogens with one attached hydrogen (secondary N) is 1. The summed E-state index contributed by atoms with van der Waals surface area (Å²) in [5.41, 5.74) is 4.71.